The van der Waals surface area contributed by atoms with Gasteiger partial charge < -0.3 is 15.4 Å². The number of nitrogens with one attached hydrogen (secondary N) is 2. The molecule has 2 heterocycles. The summed E-state index contributed by atoms with van der Waals surface area (Å²) in [5, 5.41) is 10.0. The third kappa shape index (κ3) is 3.47. The minimum absolute atomic E-state index is 0.143. The van der Waals surface area contributed by atoms with Crippen molar-refractivity contribution in [2.75, 3.05) is 11.9 Å². The van der Waals surface area contributed by atoms with Gasteiger partial charge in [-0.1, -0.05) is 48.5 Å². The second-order valence-corrected chi connectivity index (χ2v) is 5.91. The third-order valence-corrected chi connectivity index (χ3v) is 4.08. The summed E-state index contributed by atoms with van der Waals surface area (Å²) in [6, 6.07) is 17.4. The van der Waals surface area contributed by atoms with Crippen LogP contribution in [0.2, 0.25) is 0 Å². The first-order chi connectivity index (χ1) is 12.3. The molecular weight excluding hydrogens is 316 g/mol. The fourth-order valence-electron chi connectivity index (χ4n) is 2.89. The summed E-state index contributed by atoms with van der Waals surface area (Å²) in [6.45, 7) is 1.11. The Labute approximate surface area is 145 Å². The lowest BCUT2D eigenvalue weighted by Gasteiger charge is -2.11. The van der Waals surface area contributed by atoms with Crippen molar-refractivity contribution in [3.05, 3.63) is 78.1 Å². The van der Waals surface area contributed by atoms with Crippen LogP contribution in [0.25, 0.3) is 0 Å². The quantitative estimate of drug-likeness (QED) is 0.770. The minimum Gasteiger partial charge on any atom is -0.491 e. The van der Waals surface area contributed by atoms with Gasteiger partial charge in [-0.3, -0.25) is 4.68 Å². The highest BCUT2D eigenvalue weighted by atomic mass is 16.5. The van der Waals surface area contributed by atoms with Crippen molar-refractivity contribution < 1.29 is 9.53 Å². The summed E-state index contributed by atoms with van der Waals surface area (Å²) >= 11 is 0. The Morgan fingerprint density at radius 2 is 1.96 bits per heavy atom. The van der Waals surface area contributed by atoms with Gasteiger partial charge in [-0.05, 0) is 11.6 Å². The first kappa shape index (κ1) is 15.3. The summed E-state index contributed by atoms with van der Waals surface area (Å²) in [5.74, 6) is 0.823. The third-order valence-electron chi connectivity index (χ3n) is 4.08. The number of nitrogens with zero attached hydrogens (tertiary/aromatic N) is 2. The van der Waals surface area contributed by atoms with Gasteiger partial charge in [-0.25, -0.2) is 4.79 Å². The average Bonchev–Trinajstić information content (AvgIpc) is 3.23. The first-order valence-corrected chi connectivity index (χ1v) is 8.13. The Hall–Kier alpha value is -3.28. The highest BCUT2D eigenvalue weighted by molar-refractivity contribution is 5.89. The number of fused-ring (bicyclic) bond motifs is 1. The van der Waals surface area contributed by atoms with Gasteiger partial charge in [0.15, 0.2) is 0 Å². The number of carbonyl (C=O) groups is 1. The van der Waals surface area contributed by atoms with Crippen molar-refractivity contribution in [1.29, 1.82) is 0 Å². The van der Waals surface area contributed by atoms with E-state index >= 15 is 0 Å². The smallest absolute Gasteiger partial charge is 0.319 e. The average molecular weight is 334 g/mol. The Morgan fingerprint density at radius 3 is 2.84 bits per heavy atom. The number of aromatic nitrogens is 2. The molecule has 0 saturated heterocycles. The van der Waals surface area contributed by atoms with Crippen molar-refractivity contribution in [1.82, 2.24) is 15.1 Å². The number of hydrogen-bond acceptors (Lipinski definition) is 3. The van der Waals surface area contributed by atoms with Gasteiger partial charge in [0.25, 0.3) is 0 Å². The van der Waals surface area contributed by atoms with Gasteiger partial charge in [-0.2, -0.15) is 5.10 Å². The van der Waals surface area contributed by atoms with Crippen LogP contribution in [0, 0.1) is 0 Å². The normalized spacial score (nSPS) is 15.3. The minimum atomic E-state index is -0.274. The fourth-order valence-corrected chi connectivity index (χ4v) is 2.89. The van der Waals surface area contributed by atoms with Gasteiger partial charge in [0.05, 0.1) is 24.5 Å². The fraction of sp³-hybridized carbons (Fsp3) is 0.158. The van der Waals surface area contributed by atoms with Crippen molar-refractivity contribution in [3.63, 3.8) is 0 Å². The Kier molecular flexibility index (Phi) is 4.08. The zero-order chi connectivity index (χ0) is 17.1. The lowest BCUT2D eigenvalue weighted by Crippen LogP contribution is -2.33. The molecule has 2 aromatic carbocycles. The zero-order valence-corrected chi connectivity index (χ0v) is 13.6. The molecule has 0 bridgehead atoms. The number of carbonyl (C=O) groups excluding carboxylic acids is 1. The van der Waals surface area contributed by atoms with Crippen molar-refractivity contribution in [3.8, 4) is 5.75 Å². The molecule has 0 radical (unpaired) electrons. The van der Waals surface area contributed by atoms with Crippen LogP contribution in [0.1, 0.15) is 17.2 Å². The second-order valence-electron chi connectivity index (χ2n) is 5.91. The molecule has 4 rings (SSSR count). The number of urea groups is 1. The molecular formula is C19H18N4O2. The summed E-state index contributed by atoms with van der Waals surface area (Å²) in [5.41, 5.74) is 2.80. The molecule has 6 nitrogen and oxygen atoms in total. The lowest BCUT2D eigenvalue weighted by molar-refractivity contribution is 0.243. The molecule has 25 heavy (non-hydrogen) atoms. The molecule has 0 saturated carbocycles. The number of para-hydroxylation sites is 1. The van der Waals surface area contributed by atoms with Crippen molar-refractivity contribution in [2.45, 2.75) is 12.6 Å². The SMILES string of the molecule is O=C(Nc1cnn(Cc2ccccc2)c1)NC1COc2ccccc21. The number of rotatable bonds is 4. The largest absolute Gasteiger partial charge is 0.491 e. The van der Waals surface area contributed by atoms with Gasteiger partial charge in [-0.15, -0.1) is 0 Å². The van der Waals surface area contributed by atoms with E-state index in [1.807, 2.05) is 60.8 Å². The zero-order valence-electron chi connectivity index (χ0n) is 13.6. The summed E-state index contributed by atoms with van der Waals surface area (Å²) < 4.78 is 7.36. The number of anilines is 1. The van der Waals surface area contributed by atoms with Gasteiger partial charge in [0.2, 0.25) is 0 Å². The summed E-state index contributed by atoms with van der Waals surface area (Å²) in [4.78, 5) is 12.2. The highest BCUT2D eigenvalue weighted by Crippen LogP contribution is 2.31. The Morgan fingerprint density at radius 1 is 1.16 bits per heavy atom. The molecule has 2 N–H and O–H groups in total. The molecule has 0 aliphatic carbocycles. The first-order valence-electron chi connectivity index (χ1n) is 8.13. The van der Waals surface area contributed by atoms with Gasteiger partial charge >= 0.3 is 6.03 Å². The lowest BCUT2D eigenvalue weighted by atomic mass is 10.1. The van der Waals surface area contributed by atoms with Crippen LogP contribution in [0.15, 0.2) is 67.0 Å². The molecule has 1 atom stereocenters. The van der Waals surface area contributed by atoms with Crippen LogP contribution < -0.4 is 15.4 Å². The van der Waals surface area contributed by atoms with Crippen LogP contribution in [-0.2, 0) is 6.54 Å². The van der Waals surface area contributed by atoms with E-state index in [-0.39, 0.29) is 12.1 Å². The summed E-state index contributed by atoms with van der Waals surface area (Å²) in [6.07, 6.45) is 3.45. The van der Waals surface area contributed by atoms with E-state index in [1.54, 1.807) is 10.9 Å². The molecule has 3 aromatic rings. The predicted molar refractivity (Wildman–Crippen MR) is 94.6 cm³/mol. The highest BCUT2D eigenvalue weighted by Gasteiger charge is 2.25. The van der Waals surface area contributed by atoms with E-state index < -0.39 is 0 Å². The molecule has 0 spiro atoms. The van der Waals surface area contributed by atoms with E-state index in [4.69, 9.17) is 4.74 Å². The predicted octanol–water partition coefficient (Wildman–Crippen LogP) is 3.19. The Balaban J connectivity index is 1.36. The molecule has 1 aliphatic heterocycles. The van der Waals surface area contributed by atoms with E-state index in [1.165, 1.54) is 0 Å². The van der Waals surface area contributed by atoms with Gasteiger partial charge in [0, 0.05) is 11.8 Å². The van der Waals surface area contributed by atoms with Crippen LogP contribution in [0.3, 0.4) is 0 Å². The molecule has 1 aromatic heterocycles. The topological polar surface area (TPSA) is 68.2 Å². The second kappa shape index (κ2) is 6.68. The summed E-state index contributed by atoms with van der Waals surface area (Å²) in [7, 11) is 0. The van der Waals surface area contributed by atoms with E-state index in [0.29, 0.717) is 18.8 Å². The molecule has 1 unspecified atom stereocenters. The number of hydrogen-bond donors (Lipinski definition) is 2. The standard InChI is InChI=1S/C19H18N4O2/c24-19(22-17-13-25-18-9-5-4-8-16(17)18)21-15-10-20-23(12-15)11-14-6-2-1-3-7-14/h1-10,12,17H,11,13H2,(H2,21,22,24). The molecule has 126 valence electrons. The Bertz CT molecular complexity index is 876. The number of ether oxygens (including phenoxy) is 1. The monoisotopic (exact) mass is 334 g/mol. The van der Waals surface area contributed by atoms with E-state index in [9.17, 15) is 4.79 Å². The van der Waals surface area contributed by atoms with Crippen LogP contribution >= 0.6 is 0 Å². The maximum absolute atomic E-state index is 12.2. The van der Waals surface area contributed by atoms with Crippen molar-refractivity contribution >= 4 is 11.7 Å². The number of benzene rings is 2. The maximum atomic E-state index is 12.2. The van der Waals surface area contributed by atoms with Gasteiger partial charge in [0.1, 0.15) is 12.4 Å². The van der Waals surface area contributed by atoms with E-state index in [2.05, 4.69) is 15.7 Å². The number of amides is 2. The van der Waals surface area contributed by atoms with Crippen LogP contribution in [-0.4, -0.2) is 22.4 Å². The molecule has 1 aliphatic rings. The van der Waals surface area contributed by atoms with Crippen LogP contribution in [0.4, 0.5) is 10.5 Å². The van der Waals surface area contributed by atoms with Crippen molar-refractivity contribution in [2.24, 2.45) is 0 Å². The molecule has 0 fully saturated rings. The maximum Gasteiger partial charge on any atom is 0.319 e. The van der Waals surface area contributed by atoms with E-state index in [0.717, 1.165) is 16.9 Å². The molecule has 6 heteroatoms. The molecule has 2 amide bonds. The van der Waals surface area contributed by atoms with Crippen LogP contribution in [0.5, 0.6) is 5.75 Å².